The van der Waals surface area contributed by atoms with E-state index in [2.05, 4.69) is 10.3 Å². The van der Waals surface area contributed by atoms with Crippen molar-refractivity contribution < 1.29 is 17.5 Å². The Bertz CT molecular complexity index is 694. The first kappa shape index (κ1) is 19.6. The molecule has 0 bridgehead atoms. The number of primary sulfonamides is 1. The van der Waals surface area contributed by atoms with E-state index in [0.717, 1.165) is 5.56 Å². The van der Waals surface area contributed by atoms with Crippen molar-refractivity contribution in [3.8, 4) is 0 Å². The minimum Gasteiger partial charge on any atom is -0.367 e. The molecule has 2 rings (SSSR count). The van der Waals surface area contributed by atoms with Gasteiger partial charge in [-0.05, 0) is 31.5 Å². The summed E-state index contributed by atoms with van der Waals surface area (Å²) in [4.78, 5) is 6.38. The number of sulfonamides is 1. The molecule has 2 atom stereocenters. The van der Waals surface area contributed by atoms with Gasteiger partial charge in [-0.25, -0.2) is 17.9 Å². The molecule has 1 aliphatic rings. The summed E-state index contributed by atoms with van der Waals surface area (Å²) in [6.07, 6.45) is -0.266. The second-order valence-electron chi connectivity index (χ2n) is 5.99. The van der Waals surface area contributed by atoms with E-state index in [9.17, 15) is 12.8 Å². The molecule has 9 heteroatoms. The zero-order valence-corrected chi connectivity index (χ0v) is 15.3. The Morgan fingerprint density at radius 2 is 2.08 bits per heavy atom. The molecule has 1 fully saturated rings. The van der Waals surface area contributed by atoms with Gasteiger partial charge in [-0.2, -0.15) is 0 Å². The first-order valence-electron chi connectivity index (χ1n) is 8.23. The molecule has 0 amide bonds. The highest BCUT2D eigenvalue weighted by Crippen LogP contribution is 2.25. The van der Waals surface area contributed by atoms with Crippen molar-refractivity contribution in [3.05, 3.63) is 35.6 Å². The summed E-state index contributed by atoms with van der Waals surface area (Å²) < 4.78 is 41.3. The first-order valence-corrected chi connectivity index (χ1v) is 9.94. The van der Waals surface area contributed by atoms with Crippen LogP contribution in [0.3, 0.4) is 0 Å². The predicted molar refractivity (Wildman–Crippen MR) is 95.2 cm³/mol. The molecule has 0 saturated carbocycles. The number of hydrogen-bond donors (Lipinski definition) is 2. The number of rotatable bonds is 5. The van der Waals surface area contributed by atoms with Crippen LogP contribution in [0.1, 0.15) is 25.5 Å². The van der Waals surface area contributed by atoms with Crippen LogP contribution in [-0.4, -0.2) is 57.3 Å². The Hall–Kier alpha value is -1.71. The molecule has 7 nitrogen and oxygen atoms in total. The number of nitrogens with one attached hydrogen (secondary N) is 1. The summed E-state index contributed by atoms with van der Waals surface area (Å²) in [6, 6.07) is 6.24. The van der Waals surface area contributed by atoms with Gasteiger partial charge in [0.15, 0.2) is 5.96 Å². The van der Waals surface area contributed by atoms with Gasteiger partial charge in [0.05, 0.1) is 24.9 Å². The van der Waals surface area contributed by atoms with Crippen LogP contribution >= 0.6 is 0 Å². The Morgan fingerprint density at radius 3 is 2.68 bits per heavy atom. The van der Waals surface area contributed by atoms with Crippen LogP contribution in [0.15, 0.2) is 29.3 Å². The topological polar surface area (TPSA) is 97.0 Å². The third kappa shape index (κ3) is 6.26. The number of benzene rings is 1. The number of hydrogen-bond acceptors (Lipinski definition) is 4. The lowest BCUT2D eigenvalue weighted by atomic mass is 10.1. The molecule has 1 saturated heterocycles. The maximum Gasteiger partial charge on any atom is 0.210 e. The molecule has 0 spiro atoms. The number of nitrogens with two attached hydrogens (primary N) is 1. The van der Waals surface area contributed by atoms with Crippen LogP contribution in [0.5, 0.6) is 0 Å². The Balaban J connectivity index is 2.13. The van der Waals surface area contributed by atoms with Crippen molar-refractivity contribution >= 4 is 16.0 Å². The van der Waals surface area contributed by atoms with Gasteiger partial charge >= 0.3 is 0 Å². The van der Waals surface area contributed by atoms with Gasteiger partial charge in [-0.3, -0.25) is 4.99 Å². The lowest BCUT2D eigenvalue weighted by molar-refractivity contribution is -0.0605. The standard InChI is InChI=1S/C16H25FN4O3S/c1-3-19-16(20-8-9-25(18,22)23)21-10-12(2)24-15(11-21)13-4-6-14(17)7-5-13/h4-7,12,15H,3,8-11H2,1-2H3,(H,19,20)(H2,18,22,23). The largest absolute Gasteiger partial charge is 0.367 e. The molecular formula is C16H25FN4O3S. The summed E-state index contributed by atoms with van der Waals surface area (Å²) >= 11 is 0. The van der Waals surface area contributed by atoms with Gasteiger partial charge in [0.2, 0.25) is 10.0 Å². The maximum absolute atomic E-state index is 13.1. The number of morpholine rings is 1. The molecule has 25 heavy (non-hydrogen) atoms. The highest BCUT2D eigenvalue weighted by molar-refractivity contribution is 7.89. The first-order chi connectivity index (χ1) is 11.8. The van der Waals surface area contributed by atoms with E-state index in [1.807, 2.05) is 18.7 Å². The minimum absolute atomic E-state index is 0.0501. The highest BCUT2D eigenvalue weighted by Gasteiger charge is 2.28. The van der Waals surface area contributed by atoms with Crippen LogP contribution in [0.2, 0.25) is 0 Å². The predicted octanol–water partition coefficient (Wildman–Crippen LogP) is 0.842. The molecule has 3 N–H and O–H groups in total. The molecule has 2 unspecified atom stereocenters. The number of ether oxygens (including phenoxy) is 1. The van der Waals surface area contributed by atoms with Gasteiger partial charge in [0.1, 0.15) is 11.9 Å². The van der Waals surface area contributed by atoms with Crippen LogP contribution in [0.25, 0.3) is 0 Å². The van der Waals surface area contributed by atoms with Gasteiger partial charge in [0.25, 0.3) is 0 Å². The summed E-state index contributed by atoms with van der Waals surface area (Å²) in [6.45, 7) is 5.80. The number of nitrogens with zero attached hydrogens (tertiary/aromatic N) is 2. The fourth-order valence-corrected chi connectivity index (χ4v) is 3.04. The van der Waals surface area contributed by atoms with Crippen LogP contribution < -0.4 is 10.5 Å². The zero-order valence-electron chi connectivity index (χ0n) is 14.5. The quantitative estimate of drug-likeness (QED) is 0.590. The maximum atomic E-state index is 13.1. The van der Waals surface area contributed by atoms with Crippen LogP contribution in [-0.2, 0) is 14.8 Å². The lowest BCUT2D eigenvalue weighted by Crippen LogP contribution is -2.50. The molecule has 1 aliphatic heterocycles. The molecule has 1 heterocycles. The molecule has 0 aromatic heterocycles. The zero-order chi connectivity index (χ0) is 18.4. The van der Waals surface area contributed by atoms with E-state index >= 15 is 0 Å². The second kappa shape index (κ2) is 8.59. The fourth-order valence-electron chi connectivity index (χ4n) is 2.69. The molecule has 0 radical (unpaired) electrons. The Morgan fingerprint density at radius 1 is 1.40 bits per heavy atom. The van der Waals surface area contributed by atoms with Crippen LogP contribution in [0, 0.1) is 5.82 Å². The second-order valence-corrected chi connectivity index (χ2v) is 7.73. The Labute approximate surface area is 148 Å². The van der Waals surface area contributed by atoms with Gasteiger partial charge in [-0.1, -0.05) is 12.1 Å². The van der Waals surface area contributed by atoms with Crippen LogP contribution in [0.4, 0.5) is 4.39 Å². The monoisotopic (exact) mass is 372 g/mol. The van der Waals surface area contributed by atoms with Crippen molar-refractivity contribution in [2.24, 2.45) is 10.1 Å². The number of aliphatic imine (C=N–C) groups is 1. The molecule has 1 aromatic rings. The van der Waals surface area contributed by atoms with Crippen molar-refractivity contribution in [3.63, 3.8) is 0 Å². The van der Waals surface area contributed by atoms with Gasteiger partial charge < -0.3 is 15.0 Å². The van der Waals surface area contributed by atoms with E-state index in [1.165, 1.54) is 12.1 Å². The van der Waals surface area contributed by atoms with Crippen molar-refractivity contribution in [2.75, 3.05) is 31.9 Å². The summed E-state index contributed by atoms with van der Waals surface area (Å²) in [7, 11) is -3.55. The molecular weight excluding hydrogens is 347 g/mol. The molecule has 140 valence electrons. The fraction of sp³-hybridized carbons (Fsp3) is 0.562. The van der Waals surface area contributed by atoms with Crippen molar-refractivity contribution in [1.82, 2.24) is 10.2 Å². The third-order valence-corrected chi connectivity index (χ3v) is 4.53. The smallest absolute Gasteiger partial charge is 0.210 e. The van der Waals surface area contributed by atoms with Crippen molar-refractivity contribution in [2.45, 2.75) is 26.1 Å². The highest BCUT2D eigenvalue weighted by atomic mass is 32.2. The normalized spacial score (nSPS) is 22.1. The average Bonchev–Trinajstić information content (AvgIpc) is 2.53. The van der Waals surface area contributed by atoms with E-state index in [1.54, 1.807) is 12.1 Å². The summed E-state index contributed by atoms with van der Waals surface area (Å²) in [5.41, 5.74) is 0.887. The van der Waals surface area contributed by atoms with E-state index < -0.39 is 10.0 Å². The van der Waals surface area contributed by atoms with E-state index in [0.29, 0.717) is 25.6 Å². The molecule has 0 aliphatic carbocycles. The Kier molecular flexibility index (Phi) is 6.74. The number of guanidine groups is 1. The number of halogens is 1. The summed E-state index contributed by atoms with van der Waals surface area (Å²) in [5, 5.41) is 8.19. The van der Waals surface area contributed by atoms with E-state index in [4.69, 9.17) is 9.88 Å². The van der Waals surface area contributed by atoms with Gasteiger partial charge in [0, 0.05) is 13.1 Å². The SMILES string of the molecule is CCNC(=NCCS(N)(=O)=O)N1CC(C)OC(c2ccc(F)cc2)C1. The average molecular weight is 372 g/mol. The third-order valence-electron chi connectivity index (χ3n) is 3.77. The lowest BCUT2D eigenvalue weighted by Gasteiger charge is -2.38. The summed E-state index contributed by atoms with van der Waals surface area (Å²) in [5.74, 6) is 0.124. The molecule has 1 aromatic carbocycles. The van der Waals surface area contributed by atoms with E-state index in [-0.39, 0.29) is 30.3 Å². The van der Waals surface area contributed by atoms with Gasteiger partial charge in [-0.15, -0.1) is 0 Å². The van der Waals surface area contributed by atoms with Crippen molar-refractivity contribution in [1.29, 1.82) is 0 Å². The minimum atomic E-state index is -3.55.